The smallest absolute Gasteiger partial charge is 0.356 e. The van der Waals surface area contributed by atoms with Crippen molar-refractivity contribution in [1.82, 2.24) is 9.78 Å². The molecular formula is C8H11ClN2O2. The van der Waals surface area contributed by atoms with Crippen molar-refractivity contribution in [2.45, 2.75) is 19.8 Å². The number of halogens is 1. The van der Waals surface area contributed by atoms with E-state index in [1.165, 1.54) is 4.68 Å². The predicted molar refractivity (Wildman–Crippen MR) is 49.2 cm³/mol. The van der Waals surface area contributed by atoms with E-state index < -0.39 is 5.97 Å². The molecule has 1 N–H and O–H groups in total. The highest BCUT2D eigenvalue weighted by molar-refractivity contribution is 6.30. The van der Waals surface area contributed by atoms with Crippen molar-refractivity contribution >= 4 is 17.6 Å². The molecule has 0 aromatic carbocycles. The van der Waals surface area contributed by atoms with Crippen LogP contribution in [0.3, 0.4) is 0 Å². The van der Waals surface area contributed by atoms with Crippen molar-refractivity contribution in [2.75, 3.05) is 0 Å². The highest BCUT2D eigenvalue weighted by Crippen LogP contribution is 2.20. The molecule has 0 unspecified atom stereocenters. The van der Waals surface area contributed by atoms with E-state index in [9.17, 15) is 4.79 Å². The molecule has 1 rings (SSSR count). The topological polar surface area (TPSA) is 55.1 Å². The molecule has 0 atom stereocenters. The Morgan fingerprint density at radius 1 is 1.69 bits per heavy atom. The van der Waals surface area contributed by atoms with Crippen LogP contribution < -0.4 is 0 Å². The quantitative estimate of drug-likeness (QED) is 0.812. The summed E-state index contributed by atoms with van der Waals surface area (Å²) in [6, 6.07) is 0. The minimum atomic E-state index is -1.02. The lowest BCUT2D eigenvalue weighted by atomic mass is 10.1. The molecule has 4 nitrogen and oxygen atoms in total. The zero-order chi connectivity index (χ0) is 10.0. The van der Waals surface area contributed by atoms with Crippen molar-refractivity contribution in [1.29, 1.82) is 0 Å². The van der Waals surface area contributed by atoms with Crippen molar-refractivity contribution in [2.24, 2.45) is 7.05 Å². The molecule has 72 valence electrons. The lowest BCUT2D eigenvalue weighted by Gasteiger charge is -1.95. The van der Waals surface area contributed by atoms with E-state index in [4.69, 9.17) is 16.7 Å². The number of aromatic nitrogens is 2. The molecule has 0 spiro atoms. The first kappa shape index (κ1) is 10.1. The second kappa shape index (κ2) is 3.79. The monoisotopic (exact) mass is 202 g/mol. The number of carboxylic acids is 1. The summed E-state index contributed by atoms with van der Waals surface area (Å²) in [6.45, 7) is 1.97. The van der Waals surface area contributed by atoms with Gasteiger partial charge in [0, 0.05) is 12.6 Å². The second-order valence-corrected chi connectivity index (χ2v) is 3.15. The van der Waals surface area contributed by atoms with Crippen molar-refractivity contribution in [3.63, 3.8) is 0 Å². The van der Waals surface area contributed by atoms with Crippen LogP contribution in [0.4, 0.5) is 0 Å². The Hall–Kier alpha value is -1.03. The number of nitrogens with zero attached hydrogens (tertiary/aromatic N) is 2. The minimum Gasteiger partial charge on any atom is -0.476 e. The summed E-state index contributed by atoms with van der Waals surface area (Å²) < 4.78 is 1.38. The third kappa shape index (κ3) is 1.83. The molecule has 0 aliphatic carbocycles. The first-order chi connectivity index (χ1) is 6.07. The highest BCUT2D eigenvalue weighted by Gasteiger charge is 2.18. The van der Waals surface area contributed by atoms with Gasteiger partial charge in [-0.05, 0) is 6.42 Å². The van der Waals surface area contributed by atoms with Crippen LogP contribution in [0.25, 0.3) is 0 Å². The van der Waals surface area contributed by atoms with E-state index >= 15 is 0 Å². The molecule has 0 saturated heterocycles. The van der Waals surface area contributed by atoms with Gasteiger partial charge in [0.05, 0.1) is 0 Å². The molecule has 1 aromatic rings. The Morgan fingerprint density at radius 3 is 2.77 bits per heavy atom. The third-order valence-corrected chi connectivity index (χ3v) is 2.24. The first-order valence-electron chi connectivity index (χ1n) is 4.02. The summed E-state index contributed by atoms with van der Waals surface area (Å²) in [6.07, 6.45) is 1.50. The third-order valence-electron chi connectivity index (χ3n) is 1.77. The normalized spacial score (nSPS) is 10.4. The van der Waals surface area contributed by atoms with Gasteiger partial charge < -0.3 is 5.11 Å². The molecule has 0 aliphatic heterocycles. The summed E-state index contributed by atoms with van der Waals surface area (Å²) >= 11 is 5.87. The van der Waals surface area contributed by atoms with E-state index in [2.05, 4.69) is 5.10 Å². The molecule has 5 heteroatoms. The number of hydrogen-bond acceptors (Lipinski definition) is 2. The largest absolute Gasteiger partial charge is 0.476 e. The van der Waals surface area contributed by atoms with E-state index in [-0.39, 0.29) is 5.69 Å². The van der Waals surface area contributed by atoms with Crippen molar-refractivity contribution in [3.8, 4) is 0 Å². The average Bonchev–Trinajstić information content (AvgIpc) is 2.33. The number of hydrogen-bond donors (Lipinski definition) is 1. The van der Waals surface area contributed by atoms with E-state index in [1.807, 2.05) is 6.92 Å². The number of aryl methyl sites for hydroxylation is 1. The summed E-state index contributed by atoms with van der Waals surface area (Å²) in [5.74, 6) is -1.02. The number of rotatable bonds is 3. The van der Waals surface area contributed by atoms with Gasteiger partial charge in [-0.3, -0.25) is 4.68 Å². The SMILES string of the molecule is CCCc1c(C(=O)O)nn(C)c1Cl. The van der Waals surface area contributed by atoms with Crippen LogP contribution in [0.15, 0.2) is 0 Å². The van der Waals surface area contributed by atoms with Gasteiger partial charge in [-0.1, -0.05) is 24.9 Å². The molecule has 1 aromatic heterocycles. The van der Waals surface area contributed by atoms with Crippen molar-refractivity contribution < 1.29 is 9.90 Å². The maximum Gasteiger partial charge on any atom is 0.356 e. The average molecular weight is 203 g/mol. The van der Waals surface area contributed by atoms with E-state index in [0.717, 1.165) is 6.42 Å². The molecule has 13 heavy (non-hydrogen) atoms. The fraction of sp³-hybridized carbons (Fsp3) is 0.500. The van der Waals surface area contributed by atoms with Crippen LogP contribution in [0.5, 0.6) is 0 Å². The van der Waals surface area contributed by atoms with Gasteiger partial charge in [0.15, 0.2) is 5.69 Å². The molecule has 0 bridgehead atoms. The molecular weight excluding hydrogens is 192 g/mol. The van der Waals surface area contributed by atoms with Crippen LogP contribution in [0, 0.1) is 0 Å². The van der Waals surface area contributed by atoms with E-state index in [0.29, 0.717) is 17.1 Å². The van der Waals surface area contributed by atoms with Gasteiger partial charge in [-0.15, -0.1) is 0 Å². The Labute approximate surface area is 81.1 Å². The zero-order valence-corrected chi connectivity index (χ0v) is 8.30. The van der Waals surface area contributed by atoms with Gasteiger partial charge in [-0.25, -0.2) is 4.79 Å². The molecule has 0 aliphatic rings. The molecule has 0 amide bonds. The Balaban J connectivity index is 3.18. The van der Waals surface area contributed by atoms with E-state index in [1.54, 1.807) is 7.05 Å². The fourth-order valence-electron chi connectivity index (χ4n) is 1.19. The standard InChI is InChI=1S/C8H11ClN2O2/c1-3-4-5-6(8(12)13)10-11(2)7(5)9/h3-4H2,1-2H3,(H,12,13). The van der Waals surface area contributed by atoms with Crippen LogP contribution in [-0.4, -0.2) is 20.9 Å². The Bertz CT molecular complexity index is 333. The summed E-state index contributed by atoms with van der Waals surface area (Å²) in [5, 5.41) is 13.0. The Kier molecular flexibility index (Phi) is 2.93. The number of aromatic carboxylic acids is 1. The fourth-order valence-corrected chi connectivity index (χ4v) is 1.41. The summed E-state index contributed by atoms with van der Waals surface area (Å²) in [4.78, 5) is 10.7. The lowest BCUT2D eigenvalue weighted by Crippen LogP contribution is -2.01. The molecule has 1 heterocycles. The van der Waals surface area contributed by atoms with Gasteiger partial charge in [0.2, 0.25) is 0 Å². The van der Waals surface area contributed by atoms with Gasteiger partial charge in [-0.2, -0.15) is 5.10 Å². The summed E-state index contributed by atoms with van der Waals surface area (Å²) in [5.41, 5.74) is 0.688. The van der Waals surface area contributed by atoms with Crippen LogP contribution in [0.2, 0.25) is 5.15 Å². The minimum absolute atomic E-state index is 0.0642. The van der Waals surface area contributed by atoms with Gasteiger partial charge >= 0.3 is 5.97 Å². The zero-order valence-electron chi connectivity index (χ0n) is 7.54. The van der Waals surface area contributed by atoms with Crippen LogP contribution in [0.1, 0.15) is 29.4 Å². The van der Waals surface area contributed by atoms with Gasteiger partial charge in [0.25, 0.3) is 0 Å². The highest BCUT2D eigenvalue weighted by atomic mass is 35.5. The van der Waals surface area contributed by atoms with Crippen molar-refractivity contribution in [3.05, 3.63) is 16.4 Å². The van der Waals surface area contributed by atoms with Crippen LogP contribution >= 0.6 is 11.6 Å². The lowest BCUT2D eigenvalue weighted by molar-refractivity contribution is 0.0688. The number of carboxylic acid groups (broad SMARTS) is 1. The summed E-state index contributed by atoms with van der Waals surface area (Å²) in [7, 11) is 1.63. The Morgan fingerprint density at radius 2 is 2.31 bits per heavy atom. The maximum absolute atomic E-state index is 10.7. The molecule has 0 fully saturated rings. The molecule has 0 saturated carbocycles. The maximum atomic E-state index is 10.7. The van der Waals surface area contributed by atoms with Crippen LogP contribution in [-0.2, 0) is 13.5 Å². The first-order valence-corrected chi connectivity index (χ1v) is 4.40. The van der Waals surface area contributed by atoms with Gasteiger partial charge in [0.1, 0.15) is 5.15 Å². The second-order valence-electron chi connectivity index (χ2n) is 2.80. The number of carbonyl (C=O) groups is 1. The predicted octanol–water partition coefficient (Wildman–Crippen LogP) is 1.72. The molecule has 0 radical (unpaired) electrons.